The highest BCUT2D eigenvalue weighted by Gasteiger charge is 2.09. The molecule has 0 fully saturated rings. The van der Waals surface area contributed by atoms with Gasteiger partial charge in [-0.25, -0.2) is 4.79 Å². The molecule has 0 unspecified atom stereocenters. The molecule has 1 aromatic rings. The topological polar surface area (TPSA) is 29.5 Å². The second kappa shape index (κ2) is 6.08. The molecule has 0 spiro atoms. The van der Waals surface area contributed by atoms with Gasteiger partial charge in [0.05, 0.1) is 5.56 Å². The highest BCUT2D eigenvalue weighted by molar-refractivity contribution is 5.93. The number of benzene rings is 1. The molecule has 0 atom stereocenters. The van der Waals surface area contributed by atoms with Crippen LogP contribution in [0.25, 0.3) is 6.08 Å². The quantitative estimate of drug-likeness (QED) is 0.710. The van der Waals surface area contributed by atoms with Crippen molar-refractivity contribution >= 4 is 12.0 Å². The molecule has 0 N–H and O–H groups in total. The van der Waals surface area contributed by atoms with Gasteiger partial charge >= 0.3 is 5.97 Å². The Morgan fingerprint density at radius 1 is 1.44 bits per heavy atom. The van der Waals surface area contributed by atoms with Crippen molar-refractivity contribution in [3.05, 3.63) is 42.0 Å². The van der Waals surface area contributed by atoms with E-state index in [0.717, 1.165) is 12.1 Å². The lowest BCUT2D eigenvalue weighted by molar-refractivity contribution is 0.0481. The molecule has 86 valence electrons. The second-order valence-corrected chi connectivity index (χ2v) is 3.73. The smallest absolute Gasteiger partial charge is 0.338 e. The SMILES string of the molecule is C=Cc1ccccc1C(=O)OCCN(C)C. The summed E-state index contributed by atoms with van der Waals surface area (Å²) in [6.45, 7) is 4.79. The molecule has 0 aromatic heterocycles. The highest BCUT2D eigenvalue weighted by Crippen LogP contribution is 2.11. The van der Waals surface area contributed by atoms with Crippen LogP contribution in [0.3, 0.4) is 0 Å². The van der Waals surface area contributed by atoms with E-state index < -0.39 is 0 Å². The van der Waals surface area contributed by atoms with Crippen LogP contribution in [0.2, 0.25) is 0 Å². The van der Waals surface area contributed by atoms with Crippen LogP contribution in [0.15, 0.2) is 30.8 Å². The number of hydrogen-bond acceptors (Lipinski definition) is 3. The lowest BCUT2D eigenvalue weighted by Crippen LogP contribution is -2.20. The van der Waals surface area contributed by atoms with Gasteiger partial charge in [0, 0.05) is 6.54 Å². The first-order valence-electron chi connectivity index (χ1n) is 5.18. The normalized spacial score (nSPS) is 10.2. The van der Waals surface area contributed by atoms with Gasteiger partial charge in [0.25, 0.3) is 0 Å². The van der Waals surface area contributed by atoms with Crippen LogP contribution >= 0.6 is 0 Å². The average Bonchev–Trinajstić information content (AvgIpc) is 2.28. The number of carbonyl (C=O) groups excluding carboxylic acids is 1. The van der Waals surface area contributed by atoms with E-state index in [9.17, 15) is 4.79 Å². The Morgan fingerprint density at radius 3 is 2.75 bits per heavy atom. The third-order valence-electron chi connectivity index (χ3n) is 2.17. The van der Waals surface area contributed by atoms with E-state index in [1.54, 1.807) is 12.1 Å². The van der Waals surface area contributed by atoms with Crippen molar-refractivity contribution < 1.29 is 9.53 Å². The summed E-state index contributed by atoms with van der Waals surface area (Å²) in [5.74, 6) is -0.294. The fraction of sp³-hybridized carbons (Fsp3) is 0.308. The van der Waals surface area contributed by atoms with Gasteiger partial charge in [-0.2, -0.15) is 0 Å². The van der Waals surface area contributed by atoms with Gasteiger partial charge in [0.1, 0.15) is 6.61 Å². The van der Waals surface area contributed by atoms with Gasteiger partial charge in [-0.05, 0) is 25.7 Å². The molecule has 0 aliphatic heterocycles. The van der Waals surface area contributed by atoms with Crippen LogP contribution < -0.4 is 0 Å². The zero-order valence-electron chi connectivity index (χ0n) is 9.77. The third kappa shape index (κ3) is 3.51. The molecule has 0 heterocycles. The van der Waals surface area contributed by atoms with E-state index in [0.29, 0.717) is 12.2 Å². The molecule has 16 heavy (non-hydrogen) atoms. The Balaban J connectivity index is 2.62. The number of ether oxygens (including phenoxy) is 1. The molecular formula is C13H17NO2. The zero-order chi connectivity index (χ0) is 12.0. The summed E-state index contributed by atoms with van der Waals surface area (Å²) < 4.78 is 5.15. The molecule has 1 aromatic carbocycles. The standard InChI is InChI=1S/C13H17NO2/c1-4-11-7-5-6-8-12(11)13(15)16-10-9-14(2)3/h4-8H,1,9-10H2,2-3H3. The maximum absolute atomic E-state index is 11.7. The van der Waals surface area contributed by atoms with Crippen molar-refractivity contribution in [3.63, 3.8) is 0 Å². The monoisotopic (exact) mass is 219 g/mol. The largest absolute Gasteiger partial charge is 0.461 e. The summed E-state index contributed by atoms with van der Waals surface area (Å²) in [4.78, 5) is 13.7. The first-order valence-corrected chi connectivity index (χ1v) is 5.18. The lowest BCUT2D eigenvalue weighted by atomic mass is 10.1. The van der Waals surface area contributed by atoms with Crippen molar-refractivity contribution in [3.8, 4) is 0 Å². The third-order valence-corrected chi connectivity index (χ3v) is 2.17. The Kier molecular flexibility index (Phi) is 4.73. The Bertz CT molecular complexity index is 372. The minimum Gasteiger partial charge on any atom is -0.461 e. The van der Waals surface area contributed by atoms with Gasteiger partial charge in [-0.15, -0.1) is 0 Å². The van der Waals surface area contributed by atoms with Crippen LogP contribution in [0.1, 0.15) is 15.9 Å². The maximum Gasteiger partial charge on any atom is 0.338 e. The Hall–Kier alpha value is -1.61. The van der Waals surface area contributed by atoms with Crippen LogP contribution in [0.4, 0.5) is 0 Å². The summed E-state index contributed by atoms with van der Waals surface area (Å²) in [5.41, 5.74) is 1.37. The van der Waals surface area contributed by atoms with E-state index >= 15 is 0 Å². The first kappa shape index (κ1) is 12.5. The van der Waals surface area contributed by atoms with E-state index in [1.165, 1.54) is 0 Å². The van der Waals surface area contributed by atoms with Crippen LogP contribution in [0.5, 0.6) is 0 Å². The predicted molar refractivity (Wildman–Crippen MR) is 65.4 cm³/mol. The van der Waals surface area contributed by atoms with Crippen LogP contribution in [-0.2, 0) is 4.74 Å². The molecule has 0 radical (unpaired) electrons. The van der Waals surface area contributed by atoms with Gasteiger partial charge in [-0.1, -0.05) is 30.9 Å². The van der Waals surface area contributed by atoms with Crippen LogP contribution in [0, 0.1) is 0 Å². The molecule has 0 amide bonds. The summed E-state index contributed by atoms with van der Waals surface area (Å²) in [6, 6.07) is 7.27. The summed E-state index contributed by atoms with van der Waals surface area (Å²) in [5, 5.41) is 0. The van der Waals surface area contributed by atoms with Crippen LogP contribution in [-0.4, -0.2) is 38.1 Å². The lowest BCUT2D eigenvalue weighted by Gasteiger charge is -2.10. The van der Waals surface area contributed by atoms with Crippen molar-refractivity contribution in [2.45, 2.75) is 0 Å². The average molecular weight is 219 g/mol. The number of esters is 1. The van der Waals surface area contributed by atoms with Crippen molar-refractivity contribution in [1.29, 1.82) is 0 Å². The first-order chi connectivity index (χ1) is 7.65. The minimum atomic E-state index is -0.294. The summed E-state index contributed by atoms with van der Waals surface area (Å²) in [7, 11) is 3.87. The molecule has 1 rings (SSSR count). The molecule has 0 saturated carbocycles. The van der Waals surface area contributed by atoms with Crippen molar-refractivity contribution in [2.24, 2.45) is 0 Å². The van der Waals surface area contributed by atoms with Gasteiger partial charge in [0.15, 0.2) is 0 Å². The summed E-state index contributed by atoms with van der Waals surface area (Å²) in [6.07, 6.45) is 1.66. The maximum atomic E-state index is 11.7. The number of hydrogen-bond donors (Lipinski definition) is 0. The number of nitrogens with zero attached hydrogens (tertiary/aromatic N) is 1. The summed E-state index contributed by atoms with van der Waals surface area (Å²) >= 11 is 0. The molecule has 0 bridgehead atoms. The van der Waals surface area contributed by atoms with E-state index in [2.05, 4.69) is 6.58 Å². The Morgan fingerprint density at radius 2 is 2.12 bits per heavy atom. The molecular weight excluding hydrogens is 202 g/mol. The fourth-order valence-corrected chi connectivity index (χ4v) is 1.26. The van der Waals surface area contributed by atoms with Gasteiger partial charge in [-0.3, -0.25) is 0 Å². The van der Waals surface area contributed by atoms with Crippen molar-refractivity contribution in [2.75, 3.05) is 27.2 Å². The molecule has 3 heteroatoms. The Labute approximate surface area is 96.3 Å². The molecule has 3 nitrogen and oxygen atoms in total. The number of rotatable bonds is 5. The second-order valence-electron chi connectivity index (χ2n) is 3.73. The molecule has 0 aliphatic rings. The molecule has 0 aliphatic carbocycles. The van der Waals surface area contributed by atoms with E-state index in [4.69, 9.17) is 4.74 Å². The number of carbonyl (C=O) groups is 1. The number of likely N-dealkylation sites (N-methyl/N-ethyl adjacent to an activating group) is 1. The van der Waals surface area contributed by atoms with Crippen molar-refractivity contribution in [1.82, 2.24) is 4.90 Å². The highest BCUT2D eigenvalue weighted by atomic mass is 16.5. The van der Waals surface area contributed by atoms with E-state index in [-0.39, 0.29) is 5.97 Å². The predicted octanol–water partition coefficient (Wildman–Crippen LogP) is 2.05. The van der Waals surface area contributed by atoms with E-state index in [1.807, 2.05) is 37.2 Å². The molecule has 0 saturated heterocycles. The fourth-order valence-electron chi connectivity index (χ4n) is 1.26. The van der Waals surface area contributed by atoms with Gasteiger partial charge in [0.2, 0.25) is 0 Å². The minimum absolute atomic E-state index is 0.294. The zero-order valence-corrected chi connectivity index (χ0v) is 9.77. The van der Waals surface area contributed by atoms with Gasteiger partial charge < -0.3 is 9.64 Å².